The molecule has 0 bridgehead atoms. The van der Waals surface area contributed by atoms with Crippen LogP contribution in [0.15, 0.2) is 67.0 Å². The van der Waals surface area contributed by atoms with E-state index in [2.05, 4.69) is 20.3 Å². The number of para-hydroxylation sites is 1. The fourth-order valence-electron chi connectivity index (χ4n) is 3.02. The van der Waals surface area contributed by atoms with Gasteiger partial charge in [-0.15, -0.1) is 0 Å². The molecule has 4 aromatic rings. The predicted octanol–water partition coefficient (Wildman–Crippen LogP) is 4.40. The van der Waals surface area contributed by atoms with E-state index in [1.54, 1.807) is 48.8 Å². The summed E-state index contributed by atoms with van der Waals surface area (Å²) in [6.07, 6.45) is 1.73. The topological polar surface area (TPSA) is 91.2 Å². The van der Waals surface area contributed by atoms with Crippen LogP contribution in [0.25, 0.3) is 5.82 Å². The molecule has 32 heavy (non-hydrogen) atoms. The lowest BCUT2D eigenvalue weighted by Gasteiger charge is -2.10. The van der Waals surface area contributed by atoms with Crippen LogP contribution < -0.4 is 14.8 Å². The van der Waals surface area contributed by atoms with E-state index in [9.17, 15) is 4.79 Å². The highest BCUT2D eigenvalue weighted by molar-refractivity contribution is 5.91. The van der Waals surface area contributed by atoms with Gasteiger partial charge in [-0.05, 0) is 57.2 Å². The molecule has 0 atom stereocenters. The molecule has 8 heteroatoms. The molecule has 2 aromatic carbocycles. The summed E-state index contributed by atoms with van der Waals surface area (Å²) in [7, 11) is 0. The molecule has 2 aromatic heterocycles. The number of ether oxygens (including phenoxy) is 2. The van der Waals surface area contributed by atoms with Gasteiger partial charge in [0.2, 0.25) is 5.88 Å². The molecule has 0 aliphatic rings. The summed E-state index contributed by atoms with van der Waals surface area (Å²) in [5.41, 5.74) is 2.59. The number of amides is 1. The molecule has 8 nitrogen and oxygen atoms in total. The zero-order valence-electron chi connectivity index (χ0n) is 18.1. The van der Waals surface area contributed by atoms with Gasteiger partial charge in [0, 0.05) is 17.4 Å². The molecule has 0 saturated carbocycles. The van der Waals surface area contributed by atoms with Crippen molar-refractivity contribution in [1.82, 2.24) is 19.5 Å². The van der Waals surface area contributed by atoms with E-state index in [1.165, 1.54) is 0 Å². The van der Waals surface area contributed by atoms with E-state index in [1.807, 2.05) is 43.5 Å². The fraction of sp³-hybridized carbons (Fsp3) is 0.167. The second-order valence-electron chi connectivity index (χ2n) is 7.17. The number of rotatable bonds is 7. The number of carbonyl (C=O) groups excluding carboxylic acids is 1. The molecule has 0 unspecified atom stereocenters. The van der Waals surface area contributed by atoms with Crippen molar-refractivity contribution in [3.8, 4) is 23.2 Å². The van der Waals surface area contributed by atoms with Crippen molar-refractivity contribution < 1.29 is 14.3 Å². The van der Waals surface area contributed by atoms with E-state index in [0.29, 0.717) is 34.7 Å². The Bertz CT molecular complexity index is 1220. The summed E-state index contributed by atoms with van der Waals surface area (Å²) in [4.78, 5) is 25.3. The predicted molar refractivity (Wildman–Crippen MR) is 120 cm³/mol. The molecule has 0 saturated heterocycles. The van der Waals surface area contributed by atoms with Crippen molar-refractivity contribution >= 4 is 11.6 Å². The van der Waals surface area contributed by atoms with Gasteiger partial charge in [-0.1, -0.05) is 18.2 Å². The largest absolute Gasteiger partial charge is 0.484 e. The maximum Gasteiger partial charge on any atom is 0.262 e. The first-order valence-electron chi connectivity index (χ1n) is 10.1. The molecule has 0 spiro atoms. The summed E-state index contributed by atoms with van der Waals surface area (Å²) in [6, 6.07) is 18.0. The van der Waals surface area contributed by atoms with Crippen molar-refractivity contribution in [2.75, 3.05) is 11.9 Å². The maximum absolute atomic E-state index is 12.1. The standard InChI is InChI=1S/C24H23N5O3/c1-16-17(2)29(15-25-16)22-13-24(27-18(3)26-22)32-21-11-9-19(10-12-21)28-23(30)14-31-20-7-5-4-6-8-20/h4-13,15H,14H2,1-3H3,(H,28,30). The Kier molecular flexibility index (Phi) is 6.12. The lowest BCUT2D eigenvalue weighted by atomic mass is 10.3. The average Bonchev–Trinajstić information content (AvgIpc) is 3.12. The first kappa shape index (κ1) is 21.0. The quantitative estimate of drug-likeness (QED) is 0.468. The Morgan fingerprint density at radius 1 is 0.969 bits per heavy atom. The Labute approximate surface area is 185 Å². The summed E-state index contributed by atoms with van der Waals surface area (Å²) < 4.78 is 13.3. The average molecular weight is 429 g/mol. The first-order valence-corrected chi connectivity index (χ1v) is 10.1. The Hall–Kier alpha value is -4.20. The van der Waals surface area contributed by atoms with E-state index < -0.39 is 0 Å². The van der Waals surface area contributed by atoms with Crippen LogP contribution in [0.5, 0.6) is 17.4 Å². The first-order chi connectivity index (χ1) is 15.5. The van der Waals surface area contributed by atoms with Crippen LogP contribution in [0.1, 0.15) is 17.2 Å². The number of nitrogens with zero attached hydrogens (tertiary/aromatic N) is 4. The number of carbonyl (C=O) groups is 1. The van der Waals surface area contributed by atoms with Crippen LogP contribution >= 0.6 is 0 Å². The van der Waals surface area contributed by atoms with Gasteiger partial charge in [0.05, 0.1) is 5.69 Å². The second kappa shape index (κ2) is 9.30. The molecule has 2 heterocycles. The van der Waals surface area contributed by atoms with Crippen molar-refractivity contribution in [2.24, 2.45) is 0 Å². The number of aryl methyl sites for hydroxylation is 2. The normalized spacial score (nSPS) is 10.6. The number of benzene rings is 2. The number of imidazole rings is 1. The summed E-state index contributed by atoms with van der Waals surface area (Å²) in [5, 5.41) is 2.80. The monoisotopic (exact) mass is 429 g/mol. The molecule has 0 radical (unpaired) electrons. The molecule has 1 N–H and O–H groups in total. The highest BCUT2D eigenvalue weighted by Crippen LogP contribution is 2.24. The number of hydrogen-bond acceptors (Lipinski definition) is 6. The number of anilines is 1. The van der Waals surface area contributed by atoms with E-state index in [-0.39, 0.29) is 12.5 Å². The van der Waals surface area contributed by atoms with Gasteiger partial charge in [-0.3, -0.25) is 9.36 Å². The van der Waals surface area contributed by atoms with Crippen molar-refractivity contribution in [1.29, 1.82) is 0 Å². The highest BCUT2D eigenvalue weighted by atomic mass is 16.5. The second-order valence-corrected chi connectivity index (χ2v) is 7.17. The maximum atomic E-state index is 12.1. The summed E-state index contributed by atoms with van der Waals surface area (Å²) in [6.45, 7) is 5.67. The third-order valence-electron chi connectivity index (χ3n) is 4.77. The number of aromatic nitrogens is 4. The zero-order valence-corrected chi connectivity index (χ0v) is 18.1. The van der Waals surface area contributed by atoms with Crippen LogP contribution in [0.4, 0.5) is 5.69 Å². The number of nitrogens with one attached hydrogen (secondary N) is 1. The van der Waals surface area contributed by atoms with Gasteiger partial charge in [0.25, 0.3) is 5.91 Å². The lowest BCUT2D eigenvalue weighted by molar-refractivity contribution is -0.118. The minimum absolute atomic E-state index is 0.0710. The summed E-state index contributed by atoms with van der Waals surface area (Å²) in [5.74, 6) is 2.69. The SMILES string of the molecule is Cc1nc(Oc2ccc(NC(=O)COc3ccccc3)cc2)cc(-n2cnc(C)c2C)n1. The van der Waals surface area contributed by atoms with Crippen molar-refractivity contribution in [3.05, 3.63) is 84.2 Å². The van der Waals surface area contributed by atoms with E-state index in [0.717, 1.165) is 11.4 Å². The third kappa shape index (κ3) is 5.10. The molecule has 162 valence electrons. The molecule has 4 rings (SSSR count). The van der Waals surface area contributed by atoms with E-state index >= 15 is 0 Å². The van der Waals surface area contributed by atoms with Crippen LogP contribution in [0, 0.1) is 20.8 Å². The van der Waals surface area contributed by atoms with Crippen LogP contribution in [0.3, 0.4) is 0 Å². The highest BCUT2D eigenvalue weighted by Gasteiger charge is 2.10. The Balaban J connectivity index is 1.39. The molecule has 0 aliphatic carbocycles. The lowest BCUT2D eigenvalue weighted by Crippen LogP contribution is -2.20. The number of hydrogen-bond donors (Lipinski definition) is 1. The van der Waals surface area contributed by atoms with Crippen LogP contribution in [-0.4, -0.2) is 32.0 Å². The Morgan fingerprint density at radius 2 is 1.72 bits per heavy atom. The zero-order chi connectivity index (χ0) is 22.5. The fourth-order valence-corrected chi connectivity index (χ4v) is 3.02. The van der Waals surface area contributed by atoms with Crippen LogP contribution in [-0.2, 0) is 4.79 Å². The molecular formula is C24H23N5O3. The molecule has 1 amide bonds. The minimum Gasteiger partial charge on any atom is -0.484 e. The van der Waals surface area contributed by atoms with Crippen LogP contribution in [0.2, 0.25) is 0 Å². The van der Waals surface area contributed by atoms with Gasteiger partial charge >= 0.3 is 0 Å². The van der Waals surface area contributed by atoms with E-state index in [4.69, 9.17) is 9.47 Å². The van der Waals surface area contributed by atoms with Gasteiger partial charge in [0.15, 0.2) is 6.61 Å². The van der Waals surface area contributed by atoms with Gasteiger partial charge in [-0.2, -0.15) is 4.98 Å². The van der Waals surface area contributed by atoms with Gasteiger partial charge in [0.1, 0.15) is 29.5 Å². The summed E-state index contributed by atoms with van der Waals surface area (Å²) >= 11 is 0. The van der Waals surface area contributed by atoms with Crippen molar-refractivity contribution in [2.45, 2.75) is 20.8 Å². The van der Waals surface area contributed by atoms with Gasteiger partial charge in [-0.25, -0.2) is 9.97 Å². The molecular weight excluding hydrogens is 406 g/mol. The van der Waals surface area contributed by atoms with Gasteiger partial charge < -0.3 is 14.8 Å². The third-order valence-corrected chi connectivity index (χ3v) is 4.77. The molecule has 0 aliphatic heterocycles. The minimum atomic E-state index is -0.246. The molecule has 0 fully saturated rings. The smallest absolute Gasteiger partial charge is 0.262 e. The Morgan fingerprint density at radius 3 is 2.41 bits per heavy atom. The van der Waals surface area contributed by atoms with Crippen molar-refractivity contribution in [3.63, 3.8) is 0 Å².